The lowest BCUT2D eigenvalue weighted by Crippen LogP contribution is -2.17. The summed E-state index contributed by atoms with van der Waals surface area (Å²) >= 11 is 3.59. The molecule has 0 saturated heterocycles. The zero-order valence-corrected chi connectivity index (χ0v) is 16.6. The molecule has 0 radical (unpaired) electrons. The zero-order chi connectivity index (χ0) is 18.9. The number of fused-ring (bicyclic) bond motifs is 2. The first-order valence-corrected chi connectivity index (χ1v) is 9.93. The molecule has 4 aromatic rings. The molecule has 0 unspecified atom stereocenters. The molecule has 0 aliphatic carbocycles. The van der Waals surface area contributed by atoms with E-state index in [1.807, 2.05) is 30.3 Å². The molecule has 0 amide bonds. The quantitative estimate of drug-likeness (QED) is 0.354. The van der Waals surface area contributed by atoms with Crippen LogP contribution in [0, 0.1) is 0 Å². The van der Waals surface area contributed by atoms with E-state index >= 15 is 0 Å². The van der Waals surface area contributed by atoms with E-state index in [4.69, 9.17) is 4.52 Å². The van der Waals surface area contributed by atoms with Crippen molar-refractivity contribution in [3.8, 4) is 11.3 Å². The lowest BCUT2D eigenvalue weighted by atomic mass is 10.1. The van der Waals surface area contributed by atoms with Crippen LogP contribution >= 0.6 is 15.9 Å². The Morgan fingerprint density at radius 1 is 0.786 bits per heavy atom. The third-order valence-electron chi connectivity index (χ3n) is 4.92. The van der Waals surface area contributed by atoms with Crippen LogP contribution in [0.25, 0.3) is 23.4 Å². The lowest BCUT2D eigenvalue weighted by Gasteiger charge is -2.25. The molecule has 136 valence electrons. The monoisotopic (exact) mass is 428 g/mol. The van der Waals surface area contributed by atoms with Crippen molar-refractivity contribution < 1.29 is 4.52 Å². The number of hydrogen-bond donors (Lipinski definition) is 0. The summed E-state index contributed by atoms with van der Waals surface area (Å²) in [5.74, 6) is 0.817. The fourth-order valence-corrected chi connectivity index (χ4v) is 4.06. The van der Waals surface area contributed by atoms with E-state index < -0.39 is 0 Å². The third-order valence-corrected chi connectivity index (χ3v) is 5.61. The third kappa shape index (κ3) is 3.06. The molecule has 1 aromatic heterocycles. The topological polar surface area (TPSA) is 29.3 Å². The molecule has 0 spiro atoms. The molecule has 1 aliphatic heterocycles. The maximum atomic E-state index is 5.71. The van der Waals surface area contributed by atoms with Crippen molar-refractivity contribution in [2.45, 2.75) is 6.54 Å². The van der Waals surface area contributed by atoms with Crippen LogP contribution in [0.2, 0.25) is 0 Å². The standard InChI is InChI=1S/C24H17BrN2O/c25-21-10-4-3-9-20(21)22-15-19(28-26-22)16-27-23-11-5-1-7-17(23)13-14-18-8-2-6-12-24(18)27/h1-15H,16H2. The van der Waals surface area contributed by atoms with E-state index in [9.17, 15) is 0 Å². The zero-order valence-electron chi connectivity index (χ0n) is 15.0. The molecule has 0 saturated carbocycles. The first-order valence-electron chi connectivity index (χ1n) is 9.14. The largest absolute Gasteiger partial charge is 0.359 e. The van der Waals surface area contributed by atoms with Crippen molar-refractivity contribution >= 4 is 39.5 Å². The first kappa shape index (κ1) is 17.0. The number of anilines is 2. The van der Waals surface area contributed by atoms with Crippen molar-refractivity contribution in [2.75, 3.05) is 4.90 Å². The molecule has 3 nitrogen and oxygen atoms in total. The van der Waals surface area contributed by atoms with Crippen molar-refractivity contribution in [1.29, 1.82) is 0 Å². The highest BCUT2D eigenvalue weighted by atomic mass is 79.9. The van der Waals surface area contributed by atoms with Crippen LogP contribution in [0.15, 0.2) is 87.9 Å². The van der Waals surface area contributed by atoms with Crippen molar-refractivity contribution in [1.82, 2.24) is 5.16 Å². The Balaban J connectivity index is 1.55. The minimum atomic E-state index is 0.604. The fraction of sp³-hybridized carbons (Fsp3) is 0.0417. The van der Waals surface area contributed by atoms with E-state index in [1.165, 1.54) is 11.1 Å². The second-order valence-corrected chi connectivity index (χ2v) is 7.55. The predicted molar refractivity (Wildman–Crippen MR) is 117 cm³/mol. The number of aromatic nitrogens is 1. The molecule has 5 rings (SSSR count). The van der Waals surface area contributed by atoms with Gasteiger partial charge in [-0.15, -0.1) is 0 Å². The van der Waals surface area contributed by atoms with Crippen LogP contribution in [0.3, 0.4) is 0 Å². The highest BCUT2D eigenvalue weighted by Gasteiger charge is 2.20. The van der Waals surface area contributed by atoms with Crippen LogP contribution in [-0.2, 0) is 6.54 Å². The fourth-order valence-electron chi connectivity index (χ4n) is 3.57. The van der Waals surface area contributed by atoms with E-state index in [-0.39, 0.29) is 0 Å². The number of halogens is 1. The van der Waals surface area contributed by atoms with E-state index in [0.717, 1.165) is 32.9 Å². The Labute approximate surface area is 172 Å². The van der Waals surface area contributed by atoms with Gasteiger partial charge in [-0.05, 0) is 29.3 Å². The van der Waals surface area contributed by atoms with Gasteiger partial charge >= 0.3 is 0 Å². The summed E-state index contributed by atoms with van der Waals surface area (Å²) in [5, 5.41) is 4.30. The van der Waals surface area contributed by atoms with Gasteiger partial charge in [0.25, 0.3) is 0 Å². The van der Waals surface area contributed by atoms with Crippen LogP contribution < -0.4 is 4.90 Å². The lowest BCUT2D eigenvalue weighted by molar-refractivity contribution is 0.386. The Morgan fingerprint density at radius 3 is 2.07 bits per heavy atom. The van der Waals surface area contributed by atoms with Gasteiger partial charge < -0.3 is 9.42 Å². The Bertz CT molecular complexity index is 1130. The summed E-state index contributed by atoms with van der Waals surface area (Å²) < 4.78 is 6.72. The first-order chi connectivity index (χ1) is 13.8. The van der Waals surface area contributed by atoms with Gasteiger partial charge in [-0.1, -0.05) is 87.8 Å². The Hall–Kier alpha value is -3.11. The summed E-state index contributed by atoms with van der Waals surface area (Å²) in [6.45, 7) is 0.604. The van der Waals surface area contributed by atoms with Gasteiger partial charge in [-0.25, -0.2) is 0 Å². The number of hydrogen-bond acceptors (Lipinski definition) is 3. The Morgan fingerprint density at radius 2 is 1.39 bits per heavy atom. The van der Waals surface area contributed by atoms with Crippen LogP contribution in [0.1, 0.15) is 16.9 Å². The smallest absolute Gasteiger partial charge is 0.157 e. The number of nitrogens with zero attached hydrogens (tertiary/aromatic N) is 2. The second kappa shape index (κ2) is 7.13. The molecule has 4 heteroatoms. The van der Waals surface area contributed by atoms with Crippen LogP contribution in [-0.4, -0.2) is 5.16 Å². The van der Waals surface area contributed by atoms with Gasteiger partial charge in [0.2, 0.25) is 0 Å². The summed E-state index contributed by atoms with van der Waals surface area (Å²) in [4.78, 5) is 2.29. The van der Waals surface area contributed by atoms with Crippen molar-refractivity contribution in [3.05, 3.63) is 100 Å². The minimum Gasteiger partial charge on any atom is -0.359 e. The summed E-state index contributed by atoms with van der Waals surface area (Å²) in [6.07, 6.45) is 4.34. The highest BCUT2D eigenvalue weighted by molar-refractivity contribution is 9.10. The summed E-state index contributed by atoms with van der Waals surface area (Å²) in [5.41, 5.74) is 6.53. The number of benzene rings is 3. The van der Waals surface area contributed by atoms with E-state index in [0.29, 0.717) is 6.54 Å². The van der Waals surface area contributed by atoms with Crippen LogP contribution in [0.5, 0.6) is 0 Å². The van der Waals surface area contributed by atoms with E-state index in [1.54, 1.807) is 0 Å². The van der Waals surface area contributed by atoms with Crippen molar-refractivity contribution in [3.63, 3.8) is 0 Å². The average Bonchev–Trinajstić information content (AvgIpc) is 3.13. The molecular formula is C24H17BrN2O. The number of para-hydroxylation sites is 2. The van der Waals surface area contributed by atoms with Crippen LogP contribution in [0.4, 0.5) is 11.4 Å². The molecule has 28 heavy (non-hydrogen) atoms. The normalized spacial score (nSPS) is 12.4. The Kier molecular flexibility index (Phi) is 4.34. The SMILES string of the molecule is Brc1ccccc1-c1cc(CN2c3ccccc3C=Cc3ccccc32)on1. The minimum absolute atomic E-state index is 0.604. The number of rotatable bonds is 3. The molecule has 2 heterocycles. The van der Waals surface area contributed by atoms with Gasteiger partial charge in [-0.2, -0.15) is 0 Å². The van der Waals surface area contributed by atoms with Gasteiger partial charge in [-0.3, -0.25) is 0 Å². The molecular weight excluding hydrogens is 412 g/mol. The second-order valence-electron chi connectivity index (χ2n) is 6.70. The maximum absolute atomic E-state index is 5.71. The highest BCUT2D eigenvalue weighted by Crippen LogP contribution is 2.37. The average molecular weight is 429 g/mol. The molecule has 1 aliphatic rings. The molecule has 3 aromatic carbocycles. The van der Waals surface area contributed by atoms with Gasteiger partial charge in [0.1, 0.15) is 5.69 Å². The van der Waals surface area contributed by atoms with E-state index in [2.05, 4.69) is 86.7 Å². The molecule has 0 N–H and O–H groups in total. The van der Waals surface area contributed by atoms with Gasteiger partial charge in [0.05, 0.1) is 6.54 Å². The molecule has 0 bridgehead atoms. The van der Waals surface area contributed by atoms with Gasteiger partial charge in [0, 0.05) is 27.5 Å². The molecule has 0 atom stereocenters. The summed E-state index contributed by atoms with van der Waals surface area (Å²) in [6, 6.07) is 26.9. The maximum Gasteiger partial charge on any atom is 0.157 e. The van der Waals surface area contributed by atoms with Gasteiger partial charge in [0.15, 0.2) is 5.76 Å². The predicted octanol–water partition coefficient (Wildman–Crippen LogP) is 6.93. The molecule has 0 fully saturated rings. The summed E-state index contributed by atoms with van der Waals surface area (Å²) in [7, 11) is 0. The van der Waals surface area contributed by atoms with Crippen molar-refractivity contribution in [2.24, 2.45) is 0 Å².